The highest BCUT2D eigenvalue weighted by molar-refractivity contribution is 5.86. The number of aromatic carboxylic acids is 1. The van der Waals surface area contributed by atoms with Crippen LogP contribution in [0.2, 0.25) is 0 Å². The SMILES string of the molecule is COc1cc(C)ccc1Oc1ncc(C(=O)O)cn1. The fraction of sp³-hybridized carbons (Fsp3) is 0.154. The van der Waals surface area contributed by atoms with Gasteiger partial charge in [-0.05, 0) is 24.6 Å². The Labute approximate surface area is 109 Å². The Bertz CT molecular complexity index is 596. The molecule has 1 aromatic heterocycles. The predicted molar refractivity (Wildman–Crippen MR) is 66.8 cm³/mol. The Hall–Kier alpha value is -2.63. The number of carboxylic acid groups (broad SMARTS) is 1. The van der Waals surface area contributed by atoms with Crippen LogP contribution in [0.1, 0.15) is 15.9 Å². The van der Waals surface area contributed by atoms with Crippen molar-refractivity contribution in [3.63, 3.8) is 0 Å². The van der Waals surface area contributed by atoms with Crippen LogP contribution < -0.4 is 9.47 Å². The van der Waals surface area contributed by atoms with Crippen LogP contribution in [0.4, 0.5) is 0 Å². The molecule has 98 valence electrons. The molecule has 2 aromatic rings. The van der Waals surface area contributed by atoms with Gasteiger partial charge < -0.3 is 14.6 Å². The molecule has 1 aromatic carbocycles. The molecule has 0 aliphatic heterocycles. The Morgan fingerprint density at radius 1 is 1.21 bits per heavy atom. The highest BCUT2D eigenvalue weighted by Crippen LogP contribution is 2.30. The normalized spacial score (nSPS) is 10.0. The maximum atomic E-state index is 10.7. The zero-order valence-corrected chi connectivity index (χ0v) is 10.5. The first kappa shape index (κ1) is 12.8. The lowest BCUT2D eigenvalue weighted by Crippen LogP contribution is -2.00. The first-order chi connectivity index (χ1) is 9.10. The van der Waals surface area contributed by atoms with E-state index < -0.39 is 5.97 Å². The van der Waals surface area contributed by atoms with Crippen molar-refractivity contribution in [3.8, 4) is 17.5 Å². The molecule has 0 saturated heterocycles. The number of rotatable bonds is 4. The molecule has 0 amide bonds. The van der Waals surface area contributed by atoms with Crippen LogP contribution >= 0.6 is 0 Å². The van der Waals surface area contributed by atoms with E-state index in [1.807, 2.05) is 19.1 Å². The van der Waals surface area contributed by atoms with Gasteiger partial charge in [-0.15, -0.1) is 0 Å². The van der Waals surface area contributed by atoms with Gasteiger partial charge in [0.15, 0.2) is 11.5 Å². The van der Waals surface area contributed by atoms with E-state index in [0.717, 1.165) is 5.56 Å². The standard InChI is InChI=1S/C13H12N2O4/c1-8-3-4-10(11(5-8)18-2)19-13-14-6-9(7-15-13)12(16)17/h3-7H,1-2H3,(H,16,17). The first-order valence-corrected chi connectivity index (χ1v) is 5.48. The Morgan fingerprint density at radius 2 is 1.89 bits per heavy atom. The van der Waals surface area contributed by atoms with E-state index in [9.17, 15) is 4.79 Å². The summed E-state index contributed by atoms with van der Waals surface area (Å²) in [5.74, 6) is -0.0541. The number of methoxy groups -OCH3 is 1. The molecule has 0 fully saturated rings. The van der Waals surface area contributed by atoms with E-state index >= 15 is 0 Å². The van der Waals surface area contributed by atoms with Crippen molar-refractivity contribution in [3.05, 3.63) is 41.7 Å². The van der Waals surface area contributed by atoms with Gasteiger partial charge in [0.2, 0.25) is 0 Å². The summed E-state index contributed by atoms with van der Waals surface area (Å²) in [5.41, 5.74) is 1.04. The molecule has 6 nitrogen and oxygen atoms in total. The molecule has 0 radical (unpaired) electrons. The molecule has 0 aliphatic rings. The smallest absolute Gasteiger partial charge is 0.338 e. The molecule has 0 bridgehead atoms. The maximum absolute atomic E-state index is 10.7. The van der Waals surface area contributed by atoms with Crippen LogP contribution in [-0.4, -0.2) is 28.2 Å². The van der Waals surface area contributed by atoms with Crippen molar-refractivity contribution in [2.45, 2.75) is 6.92 Å². The number of ether oxygens (including phenoxy) is 2. The van der Waals surface area contributed by atoms with Gasteiger partial charge in [0.05, 0.1) is 12.7 Å². The molecule has 0 spiro atoms. The van der Waals surface area contributed by atoms with Crippen LogP contribution in [0.25, 0.3) is 0 Å². The van der Waals surface area contributed by atoms with E-state index in [0.29, 0.717) is 11.5 Å². The Kier molecular flexibility index (Phi) is 3.61. The lowest BCUT2D eigenvalue weighted by Gasteiger charge is -2.09. The van der Waals surface area contributed by atoms with Crippen molar-refractivity contribution in [2.24, 2.45) is 0 Å². The van der Waals surface area contributed by atoms with Crippen molar-refractivity contribution in [1.82, 2.24) is 9.97 Å². The first-order valence-electron chi connectivity index (χ1n) is 5.48. The van der Waals surface area contributed by atoms with Crippen LogP contribution in [0.15, 0.2) is 30.6 Å². The minimum atomic E-state index is -1.08. The van der Waals surface area contributed by atoms with Crippen molar-refractivity contribution in [2.75, 3.05) is 7.11 Å². The third-order valence-corrected chi connectivity index (χ3v) is 2.40. The summed E-state index contributed by atoms with van der Waals surface area (Å²) >= 11 is 0. The van der Waals surface area contributed by atoms with Gasteiger partial charge in [0.25, 0.3) is 0 Å². The summed E-state index contributed by atoms with van der Waals surface area (Å²) in [4.78, 5) is 18.3. The number of carbonyl (C=O) groups is 1. The average Bonchev–Trinajstić information content (AvgIpc) is 2.41. The fourth-order valence-electron chi connectivity index (χ4n) is 1.44. The number of hydrogen-bond acceptors (Lipinski definition) is 5. The molecule has 0 unspecified atom stereocenters. The maximum Gasteiger partial charge on any atom is 0.338 e. The molecule has 2 rings (SSSR count). The Morgan fingerprint density at radius 3 is 2.47 bits per heavy atom. The molecule has 19 heavy (non-hydrogen) atoms. The van der Waals surface area contributed by atoms with E-state index in [2.05, 4.69) is 9.97 Å². The second-order valence-electron chi connectivity index (χ2n) is 3.82. The number of hydrogen-bond donors (Lipinski definition) is 1. The number of carboxylic acids is 1. The predicted octanol–water partition coefficient (Wildman–Crippen LogP) is 2.28. The van der Waals surface area contributed by atoms with Crippen LogP contribution in [-0.2, 0) is 0 Å². The van der Waals surface area contributed by atoms with E-state index in [-0.39, 0.29) is 11.6 Å². The molecule has 0 atom stereocenters. The second-order valence-corrected chi connectivity index (χ2v) is 3.82. The van der Waals surface area contributed by atoms with Crippen molar-refractivity contribution < 1.29 is 19.4 Å². The van der Waals surface area contributed by atoms with E-state index in [1.54, 1.807) is 6.07 Å². The topological polar surface area (TPSA) is 81.5 Å². The quantitative estimate of drug-likeness (QED) is 0.908. The summed E-state index contributed by atoms with van der Waals surface area (Å²) in [7, 11) is 1.54. The molecule has 1 heterocycles. The van der Waals surface area contributed by atoms with Crippen molar-refractivity contribution in [1.29, 1.82) is 0 Å². The number of benzene rings is 1. The zero-order valence-electron chi connectivity index (χ0n) is 10.5. The summed E-state index contributed by atoms with van der Waals surface area (Å²) in [6, 6.07) is 5.49. The van der Waals surface area contributed by atoms with Crippen molar-refractivity contribution >= 4 is 5.97 Å². The highest BCUT2D eigenvalue weighted by Gasteiger charge is 2.09. The third-order valence-electron chi connectivity index (χ3n) is 2.40. The van der Waals surface area contributed by atoms with Gasteiger partial charge in [0, 0.05) is 12.4 Å². The fourth-order valence-corrected chi connectivity index (χ4v) is 1.44. The third kappa shape index (κ3) is 2.98. The Balaban J connectivity index is 2.23. The minimum Gasteiger partial charge on any atom is -0.493 e. The monoisotopic (exact) mass is 260 g/mol. The van der Waals surface area contributed by atoms with Gasteiger partial charge in [-0.25, -0.2) is 14.8 Å². The summed E-state index contributed by atoms with van der Waals surface area (Å²) < 4.78 is 10.6. The molecule has 0 aliphatic carbocycles. The summed E-state index contributed by atoms with van der Waals surface area (Å²) in [6.07, 6.45) is 2.37. The lowest BCUT2D eigenvalue weighted by molar-refractivity contribution is 0.0696. The van der Waals surface area contributed by atoms with Gasteiger partial charge in [-0.1, -0.05) is 6.07 Å². The largest absolute Gasteiger partial charge is 0.493 e. The molecular weight excluding hydrogens is 248 g/mol. The van der Waals surface area contributed by atoms with E-state index in [4.69, 9.17) is 14.6 Å². The molecule has 1 N–H and O–H groups in total. The van der Waals surface area contributed by atoms with Gasteiger partial charge in [0.1, 0.15) is 0 Å². The van der Waals surface area contributed by atoms with Crippen LogP contribution in [0.3, 0.4) is 0 Å². The second kappa shape index (κ2) is 5.34. The number of nitrogens with zero attached hydrogens (tertiary/aromatic N) is 2. The van der Waals surface area contributed by atoms with Crippen LogP contribution in [0.5, 0.6) is 17.5 Å². The highest BCUT2D eigenvalue weighted by atomic mass is 16.5. The van der Waals surface area contributed by atoms with Gasteiger partial charge in [-0.2, -0.15) is 0 Å². The van der Waals surface area contributed by atoms with Gasteiger partial charge in [-0.3, -0.25) is 0 Å². The van der Waals surface area contributed by atoms with Crippen LogP contribution in [0, 0.1) is 6.92 Å². The number of aryl methyl sites for hydroxylation is 1. The minimum absolute atomic E-state index is 0.00298. The lowest BCUT2D eigenvalue weighted by atomic mass is 10.2. The van der Waals surface area contributed by atoms with E-state index in [1.165, 1.54) is 19.5 Å². The molecule has 0 saturated carbocycles. The summed E-state index contributed by atoms with van der Waals surface area (Å²) in [5, 5.41) is 8.74. The molecule has 6 heteroatoms. The van der Waals surface area contributed by atoms with Gasteiger partial charge >= 0.3 is 12.0 Å². The zero-order chi connectivity index (χ0) is 13.8. The summed E-state index contributed by atoms with van der Waals surface area (Å²) in [6.45, 7) is 1.93. The number of aromatic nitrogens is 2. The average molecular weight is 260 g/mol. The molecular formula is C13H12N2O4.